The summed E-state index contributed by atoms with van der Waals surface area (Å²) in [6.45, 7) is 2.06. The number of unbranched alkanes of at least 4 members (excludes halogenated alkanes) is 11. The summed E-state index contributed by atoms with van der Waals surface area (Å²) in [4.78, 5) is 34.9. The van der Waals surface area contributed by atoms with Crippen molar-refractivity contribution in [1.82, 2.24) is 0 Å². The van der Waals surface area contributed by atoms with E-state index < -0.39 is 64.5 Å². The van der Waals surface area contributed by atoms with Crippen LogP contribution < -0.4 is 0 Å². The summed E-state index contributed by atoms with van der Waals surface area (Å²) in [5.41, 5.74) is 0. The summed E-state index contributed by atoms with van der Waals surface area (Å²) in [5, 5.41) is 28.5. The number of hydrogen-bond donors (Lipinski definition) is 4. The van der Waals surface area contributed by atoms with E-state index in [1.54, 1.807) is 12.2 Å². The van der Waals surface area contributed by atoms with Crippen LogP contribution in [-0.2, 0) is 32.7 Å². The predicted molar refractivity (Wildman–Crippen MR) is 225 cm³/mol. The Labute approximate surface area is 338 Å². The summed E-state index contributed by atoms with van der Waals surface area (Å²) in [6, 6.07) is 0. The minimum Gasteiger partial charge on any atom is -0.462 e. The molecule has 0 saturated carbocycles. The van der Waals surface area contributed by atoms with Crippen molar-refractivity contribution in [3.8, 4) is 0 Å². The van der Waals surface area contributed by atoms with Crippen LogP contribution in [0.1, 0.15) is 149 Å². The molecule has 322 valence electrons. The topological polar surface area (TPSA) is 169 Å². The van der Waals surface area contributed by atoms with E-state index in [9.17, 15) is 29.3 Å². The molecule has 0 aliphatic rings. The van der Waals surface area contributed by atoms with Gasteiger partial charge in [-0.25, -0.2) is 4.57 Å². The van der Waals surface area contributed by atoms with E-state index >= 15 is 0 Å². The Morgan fingerprint density at radius 2 is 1.12 bits per heavy atom. The number of carbonyl (C=O) groups excluding carboxylic acids is 2. The number of ether oxygens (including phenoxy) is 2. The van der Waals surface area contributed by atoms with Crippen molar-refractivity contribution in [3.05, 3.63) is 72.9 Å². The van der Waals surface area contributed by atoms with Crippen LogP contribution in [0.5, 0.6) is 0 Å². The van der Waals surface area contributed by atoms with Gasteiger partial charge in [0.1, 0.15) is 12.7 Å². The molecule has 2 unspecified atom stereocenters. The summed E-state index contributed by atoms with van der Waals surface area (Å²) < 4.78 is 32.5. The average molecular weight is 811 g/mol. The molecule has 0 amide bonds. The van der Waals surface area contributed by atoms with Crippen molar-refractivity contribution in [3.63, 3.8) is 0 Å². The van der Waals surface area contributed by atoms with Gasteiger partial charge in [0.2, 0.25) is 0 Å². The molecule has 0 aromatic carbocycles. The molecule has 0 aromatic rings. The number of carbonyl (C=O) groups is 2. The SMILES string of the molecule is CCCCC/C=C\C/C=C\C/C=C\CCCCC(=O)O[C@H](COC(=O)CCCC(O)/C=C/C=C/C/C=C/CCCCCCCC)COP(=O)(O)OC[C@@H](O)CO. The van der Waals surface area contributed by atoms with Gasteiger partial charge in [-0.1, -0.05) is 132 Å². The van der Waals surface area contributed by atoms with E-state index in [2.05, 4.69) is 67.0 Å². The highest BCUT2D eigenvalue weighted by Gasteiger charge is 2.27. The molecule has 0 aliphatic heterocycles. The van der Waals surface area contributed by atoms with Crippen LogP contribution in [0.4, 0.5) is 0 Å². The highest BCUT2D eigenvalue weighted by Crippen LogP contribution is 2.43. The third kappa shape index (κ3) is 38.3. The zero-order valence-electron chi connectivity index (χ0n) is 34.4. The Kier molecular flexibility index (Phi) is 37.4. The molecule has 11 nitrogen and oxygen atoms in total. The number of hydrogen-bond acceptors (Lipinski definition) is 10. The molecule has 0 aromatic heterocycles. The van der Waals surface area contributed by atoms with E-state index in [1.165, 1.54) is 57.8 Å². The molecule has 56 heavy (non-hydrogen) atoms. The fraction of sp³-hybridized carbons (Fsp3) is 0.682. The van der Waals surface area contributed by atoms with Gasteiger partial charge in [0.05, 0.1) is 25.9 Å². The van der Waals surface area contributed by atoms with Gasteiger partial charge in [0, 0.05) is 12.8 Å². The number of aliphatic hydroxyl groups is 3. The van der Waals surface area contributed by atoms with E-state index in [0.29, 0.717) is 19.3 Å². The average Bonchev–Trinajstić information content (AvgIpc) is 3.18. The van der Waals surface area contributed by atoms with E-state index in [4.69, 9.17) is 19.1 Å². The molecule has 0 heterocycles. The van der Waals surface area contributed by atoms with E-state index in [-0.39, 0.29) is 12.8 Å². The Morgan fingerprint density at radius 3 is 1.77 bits per heavy atom. The number of phosphoric ester groups is 1. The van der Waals surface area contributed by atoms with Gasteiger partial charge < -0.3 is 29.7 Å². The fourth-order valence-corrected chi connectivity index (χ4v) is 5.91. The minimum absolute atomic E-state index is 0.00575. The fourth-order valence-electron chi connectivity index (χ4n) is 5.12. The molecule has 0 aliphatic carbocycles. The molecule has 4 atom stereocenters. The first-order chi connectivity index (χ1) is 27.1. The molecular formula is C44H75O11P. The van der Waals surface area contributed by atoms with Crippen LogP contribution in [0.2, 0.25) is 0 Å². The lowest BCUT2D eigenvalue weighted by molar-refractivity contribution is -0.161. The first-order valence-corrected chi connectivity index (χ1v) is 22.5. The van der Waals surface area contributed by atoms with Crippen molar-refractivity contribution >= 4 is 19.8 Å². The highest BCUT2D eigenvalue weighted by molar-refractivity contribution is 7.47. The highest BCUT2D eigenvalue weighted by atomic mass is 31.2. The van der Waals surface area contributed by atoms with Crippen molar-refractivity contribution in [1.29, 1.82) is 0 Å². The van der Waals surface area contributed by atoms with Crippen LogP contribution in [-0.4, -0.2) is 76.9 Å². The lowest BCUT2D eigenvalue weighted by atomic mass is 10.1. The lowest BCUT2D eigenvalue weighted by Gasteiger charge is -2.20. The smallest absolute Gasteiger partial charge is 0.462 e. The predicted octanol–water partition coefficient (Wildman–Crippen LogP) is 9.86. The first-order valence-electron chi connectivity index (χ1n) is 21.0. The number of rotatable bonds is 38. The normalized spacial score (nSPS) is 15.2. The zero-order valence-corrected chi connectivity index (χ0v) is 35.3. The number of esters is 2. The zero-order chi connectivity index (χ0) is 41.4. The molecule has 12 heteroatoms. The summed E-state index contributed by atoms with van der Waals surface area (Å²) in [5.74, 6) is -1.17. The molecule has 0 fully saturated rings. The van der Waals surface area contributed by atoms with Gasteiger partial charge in [-0.2, -0.15) is 0 Å². The van der Waals surface area contributed by atoms with E-state index in [1.807, 2.05) is 12.2 Å². The number of phosphoric acid groups is 1. The first kappa shape index (κ1) is 53.4. The molecule has 4 N–H and O–H groups in total. The Morgan fingerprint density at radius 1 is 0.607 bits per heavy atom. The number of allylic oxidation sites excluding steroid dienone is 11. The van der Waals surface area contributed by atoms with E-state index in [0.717, 1.165) is 44.9 Å². The monoisotopic (exact) mass is 811 g/mol. The second-order valence-corrected chi connectivity index (χ2v) is 15.3. The van der Waals surface area contributed by atoms with Gasteiger partial charge in [0.15, 0.2) is 6.10 Å². The molecule has 0 bridgehead atoms. The standard InChI is InChI=1S/C44H75O11P/c1-3-5-7-9-11-13-15-17-18-20-22-24-26-28-30-34-44(49)55-42(39-54-56(50,51)53-37-41(47)36-45)38-52-43(48)35-31-33-40(46)32-29-27-25-23-21-19-16-14-12-10-8-6-4-2/h11,13,17-19,21-22,24-25,27,29,32,40-42,45-47H,3-10,12,14-16,20,23,26,28,30-31,33-39H2,1-2H3,(H,50,51)/b13-11-,18-17-,21-19+,24-22-,27-25+,32-29+/t40?,41-,42+/m0/s1. The maximum atomic E-state index is 12.6. The summed E-state index contributed by atoms with van der Waals surface area (Å²) >= 11 is 0. The third-order valence-corrected chi connectivity index (χ3v) is 9.39. The van der Waals surface area contributed by atoms with Gasteiger partial charge in [-0.15, -0.1) is 0 Å². The number of aliphatic hydroxyl groups excluding tert-OH is 3. The molecule has 0 saturated heterocycles. The maximum Gasteiger partial charge on any atom is 0.472 e. The van der Waals surface area contributed by atoms with Crippen LogP contribution in [0.15, 0.2) is 72.9 Å². The second kappa shape index (κ2) is 39.2. The molecule has 0 rings (SSSR count). The molecule has 0 spiro atoms. The largest absolute Gasteiger partial charge is 0.472 e. The van der Waals surface area contributed by atoms with Crippen LogP contribution in [0.3, 0.4) is 0 Å². The summed E-state index contributed by atoms with van der Waals surface area (Å²) in [6.07, 6.45) is 40.5. The van der Waals surface area contributed by atoms with Crippen molar-refractivity contribution < 1.29 is 52.9 Å². The van der Waals surface area contributed by atoms with Gasteiger partial charge in [-0.3, -0.25) is 18.6 Å². The van der Waals surface area contributed by atoms with Crippen LogP contribution in [0.25, 0.3) is 0 Å². The quantitative estimate of drug-likeness (QED) is 0.0154. The maximum absolute atomic E-state index is 12.6. The lowest BCUT2D eigenvalue weighted by Crippen LogP contribution is -2.30. The van der Waals surface area contributed by atoms with Gasteiger partial charge >= 0.3 is 19.8 Å². The van der Waals surface area contributed by atoms with Crippen LogP contribution in [0, 0.1) is 0 Å². The van der Waals surface area contributed by atoms with Crippen molar-refractivity contribution in [2.24, 2.45) is 0 Å². The van der Waals surface area contributed by atoms with Crippen LogP contribution >= 0.6 is 7.82 Å². The molecular weight excluding hydrogens is 735 g/mol. The van der Waals surface area contributed by atoms with Gasteiger partial charge in [0.25, 0.3) is 0 Å². The molecule has 0 radical (unpaired) electrons. The Hall–Kier alpha value is -2.63. The summed E-state index contributed by atoms with van der Waals surface area (Å²) in [7, 11) is -4.67. The minimum atomic E-state index is -4.67. The Balaban J connectivity index is 4.58. The Bertz CT molecular complexity index is 1180. The van der Waals surface area contributed by atoms with Gasteiger partial charge in [-0.05, 0) is 77.0 Å². The third-order valence-electron chi connectivity index (χ3n) is 8.44. The second-order valence-electron chi connectivity index (χ2n) is 13.9. The van der Waals surface area contributed by atoms with Crippen molar-refractivity contribution in [2.45, 2.75) is 167 Å². The van der Waals surface area contributed by atoms with Crippen molar-refractivity contribution in [2.75, 3.05) is 26.4 Å².